The molecule has 6 heteroatoms. The Kier molecular flexibility index (Phi) is 2.45. The van der Waals surface area contributed by atoms with E-state index in [9.17, 15) is 14.0 Å². The summed E-state index contributed by atoms with van der Waals surface area (Å²) < 4.78 is 16.2. The first kappa shape index (κ1) is 11.6. The number of nitrogens with zero attached hydrogens (tertiary/aromatic N) is 3. The zero-order valence-corrected chi connectivity index (χ0v) is 10.1. The molecule has 2 heterocycles. The summed E-state index contributed by atoms with van der Waals surface area (Å²) in [7, 11) is 1.72. The van der Waals surface area contributed by atoms with Gasteiger partial charge in [-0.3, -0.25) is 9.48 Å². The molecule has 1 aromatic carbocycles. The summed E-state index contributed by atoms with van der Waals surface area (Å²) in [4.78, 5) is 23.0. The van der Waals surface area contributed by atoms with Crippen molar-refractivity contribution in [1.82, 2.24) is 14.3 Å². The van der Waals surface area contributed by atoms with Crippen LogP contribution in [0.1, 0.15) is 0 Å². The number of hydrogen-bond acceptors (Lipinski definition) is 3. The van der Waals surface area contributed by atoms with E-state index in [2.05, 4.69) is 5.10 Å². The highest BCUT2D eigenvalue weighted by molar-refractivity contribution is 6.03. The number of aldehydes is 1. The van der Waals surface area contributed by atoms with Crippen molar-refractivity contribution in [2.24, 2.45) is 7.05 Å². The van der Waals surface area contributed by atoms with Gasteiger partial charge in [0.1, 0.15) is 12.1 Å². The predicted molar refractivity (Wildman–Crippen MR) is 68.5 cm³/mol. The van der Waals surface area contributed by atoms with Crippen LogP contribution in [0.4, 0.5) is 4.39 Å². The molecule has 5 nitrogen and oxygen atoms in total. The standard InChI is InChI=1S/C13H10FN3O2/c1-16-12-9-3-2-8(14)6-11(9)17(4-5-18)13(19)10(12)7-15-16/h2-3,5-7H,4H2,1H3. The van der Waals surface area contributed by atoms with Crippen LogP contribution in [0.15, 0.2) is 29.2 Å². The summed E-state index contributed by atoms with van der Waals surface area (Å²) in [6.45, 7) is -0.108. The molecule has 0 N–H and O–H groups in total. The molecule has 0 spiro atoms. The fourth-order valence-corrected chi connectivity index (χ4v) is 2.35. The number of fused-ring (bicyclic) bond motifs is 3. The summed E-state index contributed by atoms with van der Waals surface area (Å²) in [5.74, 6) is -0.451. The van der Waals surface area contributed by atoms with Crippen molar-refractivity contribution in [1.29, 1.82) is 0 Å². The molecule has 19 heavy (non-hydrogen) atoms. The minimum atomic E-state index is -0.451. The van der Waals surface area contributed by atoms with Crippen molar-refractivity contribution in [2.75, 3.05) is 0 Å². The highest BCUT2D eigenvalue weighted by atomic mass is 19.1. The van der Waals surface area contributed by atoms with Gasteiger partial charge in [-0.05, 0) is 18.2 Å². The first-order valence-electron chi connectivity index (χ1n) is 5.71. The van der Waals surface area contributed by atoms with Crippen LogP contribution in [0.5, 0.6) is 0 Å². The maximum atomic E-state index is 13.4. The maximum Gasteiger partial charge on any atom is 0.262 e. The molecule has 0 atom stereocenters. The van der Waals surface area contributed by atoms with Crippen LogP contribution in [0, 0.1) is 5.82 Å². The van der Waals surface area contributed by atoms with Gasteiger partial charge in [-0.25, -0.2) is 4.39 Å². The minimum absolute atomic E-state index is 0.108. The second-order valence-electron chi connectivity index (χ2n) is 4.27. The Bertz CT molecular complexity index is 864. The molecule has 3 rings (SSSR count). The van der Waals surface area contributed by atoms with E-state index in [1.165, 1.54) is 22.9 Å². The van der Waals surface area contributed by atoms with Gasteiger partial charge in [-0.15, -0.1) is 0 Å². The number of carbonyl (C=O) groups is 1. The van der Waals surface area contributed by atoms with E-state index in [1.807, 2.05) is 0 Å². The summed E-state index contributed by atoms with van der Waals surface area (Å²) in [6, 6.07) is 4.17. The van der Waals surface area contributed by atoms with Crippen molar-refractivity contribution < 1.29 is 9.18 Å². The second kappa shape index (κ2) is 4.01. The lowest BCUT2D eigenvalue weighted by molar-refractivity contribution is -0.108. The van der Waals surface area contributed by atoms with Gasteiger partial charge in [0.2, 0.25) is 0 Å². The monoisotopic (exact) mass is 259 g/mol. The van der Waals surface area contributed by atoms with Crippen molar-refractivity contribution in [2.45, 2.75) is 6.54 Å². The van der Waals surface area contributed by atoms with Crippen LogP contribution >= 0.6 is 0 Å². The van der Waals surface area contributed by atoms with Crippen molar-refractivity contribution in [3.63, 3.8) is 0 Å². The first-order valence-corrected chi connectivity index (χ1v) is 5.71. The smallest absolute Gasteiger partial charge is 0.262 e. The second-order valence-corrected chi connectivity index (χ2v) is 4.27. The molecule has 0 saturated carbocycles. The van der Waals surface area contributed by atoms with Crippen LogP contribution in [0.25, 0.3) is 21.8 Å². The molecule has 0 aliphatic heterocycles. The third-order valence-corrected chi connectivity index (χ3v) is 3.18. The molecule has 0 fully saturated rings. The highest BCUT2D eigenvalue weighted by Gasteiger charge is 2.14. The highest BCUT2D eigenvalue weighted by Crippen LogP contribution is 2.22. The molecule has 96 valence electrons. The van der Waals surface area contributed by atoms with Crippen molar-refractivity contribution >= 4 is 28.1 Å². The van der Waals surface area contributed by atoms with Gasteiger partial charge in [0.15, 0.2) is 0 Å². The Morgan fingerprint density at radius 3 is 2.89 bits per heavy atom. The van der Waals surface area contributed by atoms with E-state index in [0.29, 0.717) is 28.1 Å². The van der Waals surface area contributed by atoms with Crippen molar-refractivity contribution in [3.8, 4) is 0 Å². The average molecular weight is 259 g/mol. The Morgan fingerprint density at radius 2 is 2.16 bits per heavy atom. The Labute approximate surface area is 106 Å². The predicted octanol–water partition coefficient (Wildman–Crippen LogP) is 1.23. The number of pyridine rings is 1. The normalized spacial score (nSPS) is 11.3. The summed E-state index contributed by atoms with van der Waals surface area (Å²) in [5, 5.41) is 5.16. The average Bonchev–Trinajstić information content (AvgIpc) is 2.77. The Balaban J connectivity index is 2.63. The number of rotatable bonds is 2. The van der Waals surface area contributed by atoms with E-state index in [-0.39, 0.29) is 12.1 Å². The molecule has 0 unspecified atom stereocenters. The van der Waals surface area contributed by atoms with E-state index >= 15 is 0 Å². The number of benzene rings is 1. The maximum absolute atomic E-state index is 13.4. The number of aryl methyl sites for hydroxylation is 1. The molecule has 0 bridgehead atoms. The van der Waals surface area contributed by atoms with Gasteiger partial charge in [-0.1, -0.05) is 0 Å². The third kappa shape index (κ3) is 1.56. The molecule has 3 aromatic rings. The first-order chi connectivity index (χ1) is 9.13. The molecular formula is C13H10FN3O2. The van der Waals surface area contributed by atoms with E-state index in [0.717, 1.165) is 0 Å². The number of halogens is 1. The van der Waals surface area contributed by atoms with Gasteiger partial charge in [0.25, 0.3) is 5.56 Å². The van der Waals surface area contributed by atoms with Gasteiger partial charge in [0.05, 0.1) is 29.2 Å². The van der Waals surface area contributed by atoms with E-state index in [1.54, 1.807) is 17.8 Å². The summed E-state index contributed by atoms with van der Waals surface area (Å²) in [6.07, 6.45) is 2.08. The Hall–Kier alpha value is -2.50. The Morgan fingerprint density at radius 1 is 1.37 bits per heavy atom. The zero-order chi connectivity index (χ0) is 13.6. The van der Waals surface area contributed by atoms with Gasteiger partial charge < -0.3 is 9.36 Å². The van der Waals surface area contributed by atoms with E-state index in [4.69, 9.17) is 0 Å². The van der Waals surface area contributed by atoms with Crippen LogP contribution in [-0.2, 0) is 18.4 Å². The van der Waals surface area contributed by atoms with Gasteiger partial charge >= 0.3 is 0 Å². The molecule has 0 amide bonds. The lowest BCUT2D eigenvalue weighted by Gasteiger charge is -2.09. The summed E-state index contributed by atoms with van der Waals surface area (Å²) in [5.41, 5.74) is 0.698. The largest absolute Gasteiger partial charge is 0.301 e. The molecule has 0 aliphatic carbocycles. The van der Waals surface area contributed by atoms with Gasteiger partial charge in [0, 0.05) is 12.4 Å². The van der Waals surface area contributed by atoms with Gasteiger partial charge in [-0.2, -0.15) is 5.10 Å². The van der Waals surface area contributed by atoms with Crippen LogP contribution in [0.2, 0.25) is 0 Å². The summed E-state index contributed by atoms with van der Waals surface area (Å²) >= 11 is 0. The van der Waals surface area contributed by atoms with Crippen LogP contribution < -0.4 is 5.56 Å². The van der Waals surface area contributed by atoms with Crippen LogP contribution in [0.3, 0.4) is 0 Å². The lowest BCUT2D eigenvalue weighted by Crippen LogP contribution is -2.21. The third-order valence-electron chi connectivity index (χ3n) is 3.18. The van der Waals surface area contributed by atoms with Crippen LogP contribution in [-0.4, -0.2) is 20.6 Å². The fourth-order valence-electron chi connectivity index (χ4n) is 2.35. The molecular weight excluding hydrogens is 249 g/mol. The quantitative estimate of drug-likeness (QED) is 0.650. The molecule has 0 aliphatic rings. The van der Waals surface area contributed by atoms with E-state index < -0.39 is 5.82 Å². The molecule has 2 aromatic heterocycles. The molecule has 0 radical (unpaired) electrons. The number of aromatic nitrogens is 3. The lowest BCUT2D eigenvalue weighted by atomic mass is 10.1. The fraction of sp³-hybridized carbons (Fsp3) is 0.154. The number of hydrogen-bond donors (Lipinski definition) is 0. The zero-order valence-electron chi connectivity index (χ0n) is 10.1. The molecule has 0 saturated heterocycles. The van der Waals surface area contributed by atoms with Crippen molar-refractivity contribution in [3.05, 3.63) is 40.6 Å². The topological polar surface area (TPSA) is 56.9 Å². The number of carbonyl (C=O) groups excluding carboxylic acids is 1. The SMILES string of the molecule is Cn1ncc2c(=O)n(CC=O)c3cc(F)ccc3c21. The minimum Gasteiger partial charge on any atom is -0.301 e.